The average molecular weight is 483 g/mol. The first-order chi connectivity index (χ1) is 14.7. The van der Waals surface area contributed by atoms with Gasteiger partial charge in [0.1, 0.15) is 5.84 Å². The van der Waals surface area contributed by atoms with Crippen molar-refractivity contribution in [1.82, 2.24) is 15.5 Å². The summed E-state index contributed by atoms with van der Waals surface area (Å²) in [6, 6.07) is 9.95. The maximum Gasteiger partial charge on any atom is 0.261 e. The van der Waals surface area contributed by atoms with Crippen LogP contribution in [0.1, 0.15) is 38.4 Å². The maximum absolute atomic E-state index is 12.4. The average Bonchev–Trinajstić information content (AvgIpc) is 3.40. The number of nitrogens with one attached hydrogen (secondary N) is 2. The molecule has 0 saturated carbocycles. The minimum atomic E-state index is -3.55. The molecule has 166 valence electrons. The van der Waals surface area contributed by atoms with Crippen molar-refractivity contribution in [2.24, 2.45) is 4.40 Å². The second-order valence-electron chi connectivity index (χ2n) is 7.03. The maximum atomic E-state index is 12.4. The van der Waals surface area contributed by atoms with Crippen LogP contribution in [0.15, 0.2) is 40.8 Å². The van der Waals surface area contributed by atoms with Crippen LogP contribution in [0.3, 0.4) is 0 Å². The van der Waals surface area contributed by atoms with E-state index in [0.717, 1.165) is 32.2 Å². The SMILES string of the molecule is CS(=O)(=O)N=C(c1ccc(C(=O)NCCNC(=O)c2ccc(Cl)s2)cc1)N1CCCC1. The van der Waals surface area contributed by atoms with Crippen molar-refractivity contribution in [2.45, 2.75) is 12.8 Å². The molecule has 0 atom stereocenters. The molecule has 0 unspecified atom stereocenters. The van der Waals surface area contributed by atoms with Crippen LogP contribution in [-0.2, 0) is 10.0 Å². The zero-order valence-electron chi connectivity index (χ0n) is 16.9. The number of hydrogen-bond donors (Lipinski definition) is 2. The first-order valence-electron chi connectivity index (χ1n) is 9.70. The van der Waals surface area contributed by atoms with E-state index >= 15 is 0 Å². The van der Waals surface area contributed by atoms with E-state index in [1.165, 1.54) is 11.3 Å². The van der Waals surface area contributed by atoms with Gasteiger partial charge in [0.15, 0.2) is 0 Å². The number of hydrogen-bond acceptors (Lipinski definition) is 5. The topological polar surface area (TPSA) is 108 Å². The highest BCUT2D eigenvalue weighted by atomic mass is 35.5. The second-order valence-corrected chi connectivity index (χ2v) is 10.4. The number of likely N-dealkylation sites (tertiary alicyclic amines) is 1. The lowest BCUT2D eigenvalue weighted by Gasteiger charge is -2.20. The summed E-state index contributed by atoms with van der Waals surface area (Å²) in [5.41, 5.74) is 1.07. The summed E-state index contributed by atoms with van der Waals surface area (Å²) in [6.45, 7) is 2.04. The zero-order valence-corrected chi connectivity index (χ0v) is 19.3. The summed E-state index contributed by atoms with van der Waals surface area (Å²) in [7, 11) is -3.55. The van der Waals surface area contributed by atoms with Gasteiger partial charge in [0, 0.05) is 37.3 Å². The number of nitrogens with zero attached hydrogens (tertiary/aromatic N) is 2. The Hall–Kier alpha value is -2.43. The van der Waals surface area contributed by atoms with Gasteiger partial charge in [-0.15, -0.1) is 15.7 Å². The number of thiophene rings is 1. The number of sulfonamides is 1. The Morgan fingerprint density at radius 3 is 2.13 bits per heavy atom. The van der Waals surface area contributed by atoms with E-state index in [0.29, 0.717) is 26.2 Å². The fourth-order valence-corrected chi connectivity index (χ4v) is 4.62. The molecule has 2 heterocycles. The lowest BCUT2D eigenvalue weighted by atomic mass is 10.1. The van der Waals surface area contributed by atoms with Gasteiger partial charge in [0.05, 0.1) is 15.5 Å². The van der Waals surface area contributed by atoms with Crippen LogP contribution in [0, 0.1) is 0 Å². The van der Waals surface area contributed by atoms with E-state index in [1.54, 1.807) is 36.4 Å². The molecular formula is C20H23ClN4O4S2. The van der Waals surface area contributed by atoms with Gasteiger partial charge in [-0.2, -0.15) is 0 Å². The van der Waals surface area contributed by atoms with E-state index in [-0.39, 0.29) is 24.9 Å². The van der Waals surface area contributed by atoms with Gasteiger partial charge < -0.3 is 15.5 Å². The summed E-state index contributed by atoms with van der Waals surface area (Å²) in [5.74, 6) is -0.124. The molecule has 0 aliphatic carbocycles. The fourth-order valence-electron chi connectivity index (χ4n) is 3.13. The largest absolute Gasteiger partial charge is 0.355 e. The molecule has 2 aromatic rings. The van der Waals surface area contributed by atoms with Crippen LogP contribution < -0.4 is 10.6 Å². The molecule has 1 aromatic heterocycles. The quantitative estimate of drug-likeness (QED) is 0.358. The first-order valence-corrected chi connectivity index (χ1v) is 12.7. The van der Waals surface area contributed by atoms with E-state index < -0.39 is 10.0 Å². The minimum Gasteiger partial charge on any atom is -0.355 e. The highest BCUT2D eigenvalue weighted by Crippen LogP contribution is 2.21. The summed E-state index contributed by atoms with van der Waals surface area (Å²) < 4.78 is 27.9. The number of amides is 2. The molecule has 11 heteroatoms. The molecular weight excluding hydrogens is 460 g/mol. The normalized spacial score (nSPS) is 14.5. The van der Waals surface area contributed by atoms with Crippen molar-refractivity contribution in [3.05, 3.63) is 56.7 Å². The molecule has 31 heavy (non-hydrogen) atoms. The predicted octanol–water partition coefficient (Wildman–Crippen LogP) is 2.36. The Balaban J connectivity index is 1.56. The van der Waals surface area contributed by atoms with Gasteiger partial charge in [-0.25, -0.2) is 8.42 Å². The Labute approximate surface area is 190 Å². The molecule has 3 rings (SSSR count). The molecule has 1 aromatic carbocycles. The standard InChI is InChI=1S/C20H23ClN4O4S2/c1-31(28,29)24-18(25-12-2-3-13-25)14-4-6-15(7-5-14)19(26)22-10-11-23-20(27)16-8-9-17(21)30-16/h4-9H,2-3,10-13H2,1H3,(H,22,26)(H,23,27). The van der Waals surface area contributed by atoms with Crippen molar-refractivity contribution in [3.63, 3.8) is 0 Å². The van der Waals surface area contributed by atoms with Gasteiger partial charge in [-0.1, -0.05) is 23.7 Å². The van der Waals surface area contributed by atoms with Crippen LogP contribution in [0.5, 0.6) is 0 Å². The Bertz CT molecular complexity index is 1070. The first kappa shape index (κ1) is 23.2. The van der Waals surface area contributed by atoms with E-state index in [4.69, 9.17) is 11.6 Å². The van der Waals surface area contributed by atoms with Crippen LogP contribution in [0.4, 0.5) is 0 Å². The van der Waals surface area contributed by atoms with Crippen LogP contribution in [0.25, 0.3) is 0 Å². The highest BCUT2D eigenvalue weighted by Gasteiger charge is 2.20. The molecule has 1 saturated heterocycles. The van der Waals surface area contributed by atoms with Crippen molar-refractivity contribution in [1.29, 1.82) is 0 Å². The number of amidine groups is 1. The predicted molar refractivity (Wildman–Crippen MR) is 123 cm³/mol. The van der Waals surface area contributed by atoms with E-state index in [2.05, 4.69) is 15.0 Å². The van der Waals surface area contributed by atoms with Gasteiger partial charge in [-0.05, 0) is 37.1 Å². The van der Waals surface area contributed by atoms with Gasteiger partial charge in [0.2, 0.25) is 0 Å². The molecule has 0 spiro atoms. The molecule has 1 aliphatic rings. The Morgan fingerprint density at radius 1 is 1.00 bits per heavy atom. The third kappa shape index (κ3) is 6.78. The third-order valence-corrected chi connectivity index (χ3v) is 6.29. The Morgan fingerprint density at radius 2 is 1.58 bits per heavy atom. The van der Waals surface area contributed by atoms with Crippen molar-refractivity contribution >= 4 is 50.6 Å². The van der Waals surface area contributed by atoms with Crippen LogP contribution in [0.2, 0.25) is 4.34 Å². The number of halogens is 1. The van der Waals surface area contributed by atoms with E-state index in [1.807, 2.05) is 4.90 Å². The van der Waals surface area contributed by atoms with Gasteiger partial charge in [0.25, 0.3) is 21.8 Å². The number of carbonyl (C=O) groups is 2. The summed E-state index contributed by atoms with van der Waals surface area (Å²) >= 11 is 7.00. The molecule has 0 radical (unpaired) electrons. The van der Waals surface area contributed by atoms with Crippen LogP contribution >= 0.6 is 22.9 Å². The molecule has 1 fully saturated rings. The molecule has 1 aliphatic heterocycles. The van der Waals surface area contributed by atoms with Crippen molar-refractivity contribution < 1.29 is 18.0 Å². The monoisotopic (exact) mass is 482 g/mol. The smallest absolute Gasteiger partial charge is 0.261 e. The van der Waals surface area contributed by atoms with Gasteiger partial charge in [-0.3, -0.25) is 9.59 Å². The lowest BCUT2D eigenvalue weighted by molar-refractivity contribution is 0.0929. The fraction of sp³-hybridized carbons (Fsp3) is 0.350. The van der Waals surface area contributed by atoms with E-state index in [9.17, 15) is 18.0 Å². The molecule has 0 bridgehead atoms. The lowest BCUT2D eigenvalue weighted by Crippen LogP contribution is -2.34. The minimum absolute atomic E-state index is 0.241. The number of benzene rings is 1. The molecule has 8 nitrogen and oxygen atoms in total. The highest BCUT2D eigenvalue weighted by molar-refractivity contribution is 7.89. The number of rotatable bonds is 7. The summed E-state index contributed by atoms with van der Waals surface area (Å²) in [5, 5.41) is 5.46. The molecule has 2 N–H and O–H groups in total. The molecule has 2 amide bonds. The zero-order chi connectivity index (χ0) is 22.4. The van der Waals surface area contributed by atoms with Crippen molar-refractivity contribution in [2.75, 3.05) is 32.4 Å². The van der Waals surface area contributed by atoms with Crippen LogP contribution in [-0.4, -0.2) is 63.4 Å². The van der Waals surface area contributed by atoms with Gasteiger partial charge >= 0.3 is 0 Å². The summed E-state index contributed by atoms with van der Waals surface area (Å²) in [6.07, 6.45) is 3.04. The summed E-state index contributed by atoms with van der Waals surface area (Å²) in [4.78, 5) is 26.8. The Kier molecular flexibility index (Phi) is 7.69. The van der Waals surface area contributed by atoms with Crippen molar-refractivity contribution in [3.8, 4) is 0 Å². The second kappa shape index (κ2) is 10.3. The third-order valence-electron chi connectivity index (χ3n) is 4.56. The number of carbonyl (C=O) groups excluding carboxylic acids is 2.